The number of hydrogen-bond acceptors (Lipinski definition) is 1. The van der Waals surface area contributed by atoms with Gasteiger partial charge in [0.1, 0.15) is 0 Å². The van der Waals surface area contributed by atoms with Crippen LogP contribution in [0, 0.1) is 26.2 Å². The van der Waals surface area contributed by atoms with Crippen molar-refractivity contribution in [3.8, 4) is 0 Å². The van der Waals surface area contributed by atoms with Crippen molar-refractivity contribution in [1.29, 1.82) is 5.41 Å². The molecule has 2 rings (SSSR count). The number of halogens is 1. The van der Waals surface area contributed by atoms with Crippen molar-refractivity contribution in [3.05, 3.63) is 68.7 Å². The Labute approximate surface area is 117 Å². The zero-order valence-electron chi connectivity index (χ0n) is 10.8. The van der Waals surface area contributed by atoms with Crippen molar-refractivity contribution >= 4 is 21.6 Å². The van der Waals surface area contributed by atoms with Crippen molar-refractivity contribution in [3.63, 3.8) is 0 Å². The normalized spacial score (nSPS) is 10.4. The fourth-order valence-electron chi connectivity index (χ4n) is 2.37. The molecule has 0 spiro atoms. The maximum absolute atomic E-state index is 8.43. The molecule has 2 aromatic carbocycles. The minimum Gasteiger partial charge on any atom is -0.300 e. The maximum Gasteiger partial charge on any atom is 0.0701 e. The van der Waals surface area contributed by atoms with E-state index in [0.717, 1.165) is 26.7 Å². The average Bonchev–Trinajstić information content (AvgIpc) is 2.27. The van der Waals surface area contributed by atoms with Crippen LogP contribution in [-0.2, 0) is 0 Å². The molecule has 2 heteroatoms. The van der Waals surface area contributed by atoms with Crippen LogP contribution in [0.25, 0.3) is 0 Å². The third kappa shape index (κ3) is 2.39. The summed E-state index contributed by atoms with van der Waals surface area (Å²) in [5, 5.41) is 8.43. The Morgan fingerprint density at radius 2 is 1.56 bits per heavy atom. The third-order valence-electron chi connectivity index (χ3n) is 3.07. The van der Waals surface area contributed by atoms with Gasteiger partial charge in [0.2, 0.25) is 0 Å². The van der Waals surface area contributed by atoms with Crippen LogP contribution in [0.1, 0.15) is 27.8 Å². The van der Waals surface area contributed by atoms with E-state index in [0.29, 0.717) is 5.71 Å². The molecule has 18 heavy (non-hydrogen) atoms. The summed E-state index contributed by atoms with van der Waals surface area (Å²) >= 11 is 3.52. The minimum absolute atomic E-state index is 0.581. The van der Waals surface area contributed by atoms with Crippen LogP contribution in [0.2, 0.25) is 0 Å². The minimum atomic E-state index is 0.581. The molecule has 0 radical (unpaired) electrons. The molecule has 0 saturated carbocycles. The van der Waals surface area contributed by atoms with E-state index in [1.54, 1.807) is 0 Å². The quantitative estimate of drug-likeness (QED) is 0.771. The molecule has 0 aliphatic heterocycles. The number of rotatable bonds is 2. The second kappa shape index (κ2) is 5.07. The number of benzene rings is 2. The van der Waals surface area contributed by atoms with Crippen molar-refractivity contribution in [2.24, 2.45) is 0 Å². The summed E-state index contributed by atoms with van der Waals surface area (Å²) in [7, 11) is 0. The monoisotopic (exact) mass is 301 g/mol. The summed E-state index contributed by atoms with van der Waals surface area (Å²) in [5.41, 5.74) is 6.12. The van der Waals surface area contributed by atoms with E-state index in [1.165, 1.54) is 5.56 Å². The molecule has 0 aliphatic carbocycles. The van der Waals surface area contributed by atoms with Crippen LogP contribution in [0.4, 0.5) is 0 Å². The predicted octanol–water partition coefficient (Wildman–Crippen LogP) is 4.79. The Morgan fingerprint density at radius 1 is 1.00 bits per heavy atom. The van der Waals surface area contributed by atoms with Gasteiger partial charge in [-0.3, -0.25) is 5.41 Å². The predicted molar refractivity (Wildman–Crippen MR) is 80.7 cm³/mol. The van der Waals surface area contributed by atoms with Crippen molar-refractivity contribution < 1.29 is 0 Å². The largest absolute Gasteiger partial charge is 0.300 e. The van der Waals surface area contributed by atoms with Gasteiger partial charge in [-0.25, -0.2) is 0 Å². The highest BCUT2D eigenvalue weighted by molar-refractivity contribution is 9.10. The molecule has 0 unspecified atom stereocenters. The fourth-order valence-corrected chi connectivity index (χ4v) is 2.86. The van der Waals surface area contributed by atoms with Crippen LogP contribution in [-0.4, -0.2) is 5.71 Å². The number of aryl methyl sites for hydroxylation is 3. The van der Waals surface area contributed by atoms with Crippen LogP contribution < -0.4 is 0 Å². The number of nitrogens with one attached hydrogen (secondary N) is 1. The lowest BCUT2D eigenvalue weighted by Gasteiger charge is -2.13. The topological polar surface area (TPSA) is 23.9 Å². The van der Waals surface area contributed by atoms with Gasteiger partial charge in [0.05, 0.1) is 5.71 Å². The highest BCUT2D eigenvalue weighted by atomic mass is 79.9. The van der Waals surface area contributed by atoms with E-state index < -0.39 is 0 Å². The summed E-state index contributed by atoms with van der Waals surface area (Å²) in [6.07, 6.45) is 0. The molecule has 1 nitrogen and oxygen atoms in total. The Bertz CT molecular complexity index is 591. The zero-order valence-corrected chi connectivity index (χ0v) is 12.4. The average molecular weight is 302 g/mol. The van der Waals surface area contributed by atoms with Crippen LogP contribution >= 0.6 is 15.9 Å². The van der Waals surface area contributed by atoms with E-state index in [4.69, 9.17) is 5.41 Å². The second-order valence-electron chi connectivity index (χ2n) is 4.63. The molecule has 0 saturated heterocycles. The van der Waals surface area contributed by atoms with Crippen LogP contribution in [0.5, 0.6) is 0 Å². The molecular weight excluding hydrogens is 286 g/mol. The molecule has 0 bridgehead atoms. The van der Waals surface area contributed by atoms with E-state index >= 15 is 0 Å². The van der Waals surface area contributed by atoms with E-state index in [-0.39, 0.29) is 0 Å². The Hall–Kier alpha value is -1.41. The van der Waals surface area contributed by atoms with Crippen molar-refractivity contribution in [1.82, 2.24) is 0 Å². The third-order valence-corrected chi connectivity index (χ3v) is 3.76. The van der Waals surface area contributed by atoms with Gasteiger partial charge < -0.3 is 0 Å². The van der Waals surface area contributed by atoms with Gasteiger partial charge in [0, 0.05) is 15.6 Å². The summed E-state index contributed by atoms with van der Waals surface area (Å²) in [6, 6.07) is 12.2. The molecule has 0 aliphatic rings. The molecule has 92 valence electrons. The van der Waals surface area contributed by atoms with E-state index in [9.17, 15) is 0 Å². The van der Waals surface area contributed by atoms with Crippen LogP contribution in [0.3, 0.4) is 0 Å². The smallest absolute Gasteiger partial charge is 0.0701 e. The summed E-state index contributed by atoms with van der Waals surface area (Å²) in [6.45, 7) is 6.23. The first-order valence-electron chi connectivity index (χ1n) is 5.92. The van der Waals surface area contributed by atoms with Gasteiger partial charge in [0.15, 0.2) is 0 Å². The van der Waals surface area contributed by atoms with Crippen LogP contribution in [0.15, 0.2) is 40.9 Å². The lowest BCUT2D eigenvalue weighted by molar-refractivity contribution is 1.28. The van der Waals surface area contributed by atoms with Gasteiger partial charge in [-0.15, -0.1) is 0 Å². The first-order valence-corrected chi connectivity index (χ1v) is 6.71. The van der Waals surface area contributed by atoms with Gasteiger partial charge in [-0.2, -0.15) is 0 Å². The van der Waals surface area contributed by atoms with Crippen molar-refractivity contribution in [2.75, 3.05) is 0 Å². The van der Waals surface area contributed by atoms with E-state index in [2.05, 4.69) is 48.8 Å². The van der Waals surface area contributed by atoms with E-state index in [1.807, 2.05) is 24.3 Å². The lowest BCUT2D eigenvalue weighted by Crippen LogP contribution is -2.07. The zero-order chi connectivity index (χ0) is 13.3. The molecule has 0 atom stereocenters. The molecule has 0 aromatic heterocycles. The maximum atomic E-state index is 8.43. The summed E-state index contributed by atoms with van der Waals surface area (Å²) < 4.78 is 0.967. The number of hydrogen-bond donors (Lipinski definition) is 1. The SMILES string of the molecule is Cc1cc(C)c(C(=N)c2ccccc2Br)c(C)c1. The van der Waals surface area contributed by atoms with Gasteiger partial charge in [-0.05, 0) is 38.0 Å². The highest BCUT2D eigenvalue weighted by Gasteiger charge is 2.13. The Morgan fingerprint density at radius 3 is 2.11 bits per heavy atom. The molecule has 1 N–H and O–H groups in total. The Kier molecular flexibility index (Phi) is 3.67. The molecule has 0 heterocycles. The second-order valence-corrected chi connectivity index (χ2v) is 5.48. The summed E-state index contributed by atoms with van der Waals surface area (Å²) in [4.78, 5) is 0. The molecule has 0 amide bonds. The highest BCUT2D eigenvalue weighted by Crippen LogP contribution is 2.24. The fraction of sp³-hybridized carbons (Fsp3) is 0.188. The Balaban J connectivity index is 2.57. The van der Waals surface area contributed by atoms with Gasteiger partial charge >= 0.3 is 0 Å². The first-order chi connectivity index (χ1) is 8.50. The standard InChI is InChI=1S/C16H16BrN/c1-10-8-11(2)15(12(3)9-10)16(18)13-6-4-5-7-14(13)17/h4-9,18H,1-3H3. The summed E-state index contributed by atoms with van der Waals surface area (Å²) in [5.74, 6) is 0. The molecule has 2 aromatic rings. The van der Waals surface area contributed by atoms with Gasteiger partial charge in [0.25, 0.3) is 0 Å². The van der Waals surface area contributed by atoms with Gasteiger partial charge in [-0.1, -0.05) is 51.8 Å². The molecular formula is C16H16BrN. The first kappa shape index (κ1) is 13.0. The lowest BCUT2D eigenvalue weighted by atomic mass is 9.92. The molecule has 0 fully saturated rings. The van der Waals surface area contributed by atoms with Crippen molar-refractivity contribution in [2.45, 2.75) is 20.8 Å².